The molecule has 1 nitrogen and oxygen atoms in total. The van der Waals surface area contributed by atoms with E-state index in [1.807, 2.05) is 5.92 Å². The fraction of sp³-hybridized carbons (Fsp3) is 0. The topological polar surface area (TPSA) is 17.1 Å². The summed E-state index contributed by atoms with van der Waals surface area (Å²) in [6, 6.07) is 4.82. The van der Waals surface area contributed by atoms with Gasteiger partial charge >= 0.3 is 0 Å². The van der Waals surface area contributed by atoms with Crippen LogP contribution >= 0.6 is 27.5 Å². The summed E-state index contributed by atoms with van der Waals surface area (Å²) in [6.07, 6.45) is 4.94. The van der Waals surface area contributed by atoms with Crippen molar-refractivity contribution in [2.24, 2.45) is 0 Å². The summed E-state index contributed by atoms with van der Waals surface area (Å²) < 4.78 is 0.672. The van der Waals surface area contributed by atoms with Gasteiger partial charge in [-0.15, -0.1) is 6.42 Å². The predicted molar refractivity (Wildman–Crippen MR) is 52.3 cm³/mol. The molecule has 0 aliphatic rings. The highest BCUT2D eigenvalue weighted by Gasteiger charge is 2.03. The Morgan fingerprint density at radius 1 is 1.58 bits per heavy atom. The van der Waals surface area contributed by atoms with Crippen molar-refractivity contribution in [3.05, 3.63) is 33.3 Å². The molecule has 12 heavy (non-hydrogen) atoms. The Kier molecular flexibility index (Phi) is 2.91. The highest BCUT2D eigenvalue weighted by molar-refractivity contribution is 9.10. The zero-order valence-corrected chi connectivity index (χ0v) is 8.32. The Morgan fingerprint density at radius 2 is 2.25 bits per heavy atom. The number of carbonyl (C=O) groups excluding carboxylic acids is 1. The van der Waals surface area contributed by atoms with Gasteiger partial charge in [-0.05, 0) is 40.0 Å². The van der Waals surface area contributed by atoms with Crippen LogP contribution in [0.25, 0.3) is 0 Å². The number of carbonyl (C=O) groups is 1. The molecule has 0 saturated carbocycles. The maximum Gasteiger partial charge on any atom is 0.235 e. The molecule has 0 atom stereocenters. The zero-order valence-electron chi connectivity index (χ0n) is 5.97. The summed E-state index contributed by atoms with van der Waals surface area (Å²) in [6.45, 7) is 0. The van der Waals surface area contributed by atoms with Crippen LogP contribution in [0.15, 0.2) is 22.7 Å². The lowest BCUT2D eigenvalue weighted by Crippen LogP contribution is -1.93. The molecule has 3 heteroatoms. The van der Waals surface area contributed by atoms with Crippen molar-refractivity contribution in [3.63, 3.8) is 0 Å². The third-order valence-corrected chi connectivity index (χ3v) is 2.53. The van der Waals surface area contributed by atoms with E-state index in [-0.39, 0.29) is 5.78 Å². The molecule has 0 fully saturated rings. The van der Waals surface area contributed by atoms with E-state index in [9.17, 15) is 4.79 Å². The Bertz CT molecular complexity index is 365. The summed E-state index contributed by atoms with van der Waals surface area (Å²) >= 11 is 8.91. The molecule has 0 radical (unpaired) electrons. The molecule has 60 valence electrons. The molecule has 0 saturated heterocycles. The first-order chi connectivity index (χ1) is 5.65. The second kappa shape index (κ2) is 3.75. The highest BCUT2D eigenvalue weighted by atomic mass is 79.9. The molecule has 0 heterocycles. The number of ketones is 1. The monoisotopic (exact) mass is 242 g/mol. The fourth-order valence-electron chi connectivity index (χ4n) is 0.721. The Balaban J connectivity index is 3.15. The number of hydrogen-bond donors (Lipinski definition) is 0. The predicted octanol–water partition coefficient (Wildman–Crippen LogP) is 2.92. The second-order valence-electron chi connectivity index (χ2n) is 2.10. The molecule has 1 rings (SSSR count). The van der Waals surface area contributed by atoms with Crippen LogP contribution in [-0.2, 0) is 0 Å². The van der Waals surface area contributed by atoms with E-state index in [1.165, 1.54) is 0 Å². The summed E-state index contributed by atoms with van der Waals surface area (Å²) in [5.74, 6) is 1.68. The summed E-state index contributed by atoms with van der Waals surface area (Å²) in [5.41, 5.74) is 0.466. The second-order valence-corrected chi connectivity index (χ2v) is 3.36. The number of Topliss-reactive ketones (excluding diaryl/α,β-unsaturated/α-hetero) is 1. The van der Waals surface area contributed by atoms with E-state index in [0.29, 0.717) is 15.1 Å². The third kappa shape index (κ3) is 1.88. The van der Waals surface area contributed by atoms with Crippen LogP contribution in [0.3, 0.4) is 0 Å². The van der Waals surface area contributed by atoms with Gasteiger partial charge in [0.1, 0.15) is 0 Å². The molecule has 1 aromatic rings. The van der Waals surface area contributed by atoms with E-state index >= 15 is 0 Å². The molecule has 0 aliphatic heterocycles. The minimum absolute atomic E-state index is 0.340. The van der Waals surface area contributed by atoms with Gasteiger partial charge in [-0.1, -0.05) is 11.6 Å². The molecule has 1 aromatic carbocycles. The van der Waals surface area contributed by atoms with Gasteiger partial charge in [-0.3, -0.25) is 4.79 Å². The van der Waals surface area contributed by atoms with Crippen LogP contribution in [0, 0.1) is 12.3 Å². The van der Waals surface area contributed by atoms with E-state index < -0.39 is 0 Å². The third-order valence-electron chi connectivity index (χ3n) is 1.31. The van der Waals surface area contributed by atoms with Gasteiger partial charge in [0.15, 0.2) is 0 Å². The number of benzene rings is 1. The van der Waals surface area contributed by atoms with Crippen molar-refractivity contribution in [1.29, 1.82) is 0 Å². The SMILES string of the molecule is C#CC(=O)c1ccc(Cl)c(Br)c1. The lowest BCUT2D eigenvalue weighted by Gasteiger charge is -1.97. The molecule has 0 amide bonds. The molecule has 0 bridgehead atoms. The van der Waals surface area contributed by atoms with Crippen molar-refractivity contribution >= 4 is 33.3 Å². The maximum atomic E-state index is 11.0. The lowest BCUT2D eigenvalue weighted by atomic mass is 10.1. The zero-order chi connectivity index (χ0) is 9.14. The summed E-state index contributed by atoms with van der Waals surface area (Å²) in [7, 11) is 0. The van der Waals surface area contributed by atoms with Crippen LogP contribution in [0.5, 0.6) is 0 Å². The van der Waals surface area contributed by atoms with E-state index in [2.05, 4.69) is 15.9 Å². The normalized spacial score (nSPS) is 9.08. The quantitative estimate of drug-likeness (QED) is 0.421. The van der Waals surface area contributed by atoms with Gasteiger partial charge in [0.2, 0.25) is 5.78 Å². The van der Waals surface area contributed by atoms with Gasteiger partial charge in [-0.25, -0.2) is 0 Å². The summed E-state index contributed by atoms with van der Waals surface area (Å²) in [4.78, 5) is 11.0. The van der Waals surface area contributed by atoms with Gasteiger partial charge in [0, 0.05) is 10.0 Å². The first kappa shape index (κ1) is 9.31. The average molecular weight is 243 g/mol. The molecular weight excluding hydrogens is 239 g/mol. The maximum absolute atomic E-state index is 11.0. The standard InChI is InChI=1S/C9H4BrClO/c1-2-9(12)6-3-4-8(11)7(10)5-6/h1,3-5H. The van der Waals surface area contributed by atoms with Crippen LogP contribution < -0.4 is 0 Å². The summed E-state index contributed by atoms with van der Waals surface area (Å²) in [5, 5.41) is 0.559. The first-order valence-corrected chi connectivity index (χ1v) is 4.28. The van der Waals surface area contributed by atoms with Crippen molar-refractivity contribution in [3.8, 4) is 12.3 Å². The number of rotatable bonds is 1. The first-order valence-electron chi connectivity index (χ1n) is 3.11. The highest BCUT2D eigenvalue weighted by Crippen LogP contribution is 2.23. The smallest absolute Gasteiger partial charge is 0.235 e. The van der Waals surface area contributed by atoms with Gasteiger partial charge in [0.05, 0.1) is 5.02 Å². The molecule has 0 spiro atoms. The van der Waals surface area contributed by atoms with Gasteiger partial charge < -0.3 is 0 Å². The fourth-order valence-corrected chi connectivity index (χ4v) is 1.22. The van der Waals surface area contributed by atoms with Crippen molar-refractivity contribution in [2.75, 3.05) is 0 Å². The number of hydrogen-bond acceptors (Lipinski definition) is 1. The molecular formula is C9H4BrClO. The Morgan fingerprint density at radius 3 is 2.75 bits per heavy atom. The molecule has 0 aliphatic carbocycles. The molecule has 0 N–H and O–H groups in total. The average Bonchev–Trinajstić information content (AvgIpc) is 2.08. The van der Waals surface area contributed by atoms with Gasteiger partial charge in [0.25, 0.3) is 0 Å². The van der Waals surface area contributed by atoms with Crippen molar-refractivity contribution in [1.82, 2.24) is 0 Å². The largest absolute Gasteiger partial charge is 0.279 e. The van der Waals surface area contributed by atoms with E-state index in [4.69, 9.17) is 18.0 Å². The van der Waals surface area contributed by atoms with Crippen LogP contribution in [0.2, 0.25) is 5.02 Å². The number of halogens is 2. The van der Waals surface area contributed by atoms with Crippen molar-refractivity contribution < 1.29 is 4.79 Å². The minimum atomic E-state index is -0.340. The minimum Gasteiger partial charge on any atom is -0.279 e. The van der Waals surface area contributed by atoms with Gasteiger partial charge in [-0.2, -0.15) is 0 Å². The van der Waals surface area contributed by atoms with Crippen LogP contribution in [-0.4, -0.2) is 5.78 Å². The van der Waals surface area contributed by atoms with Crippen LogP contribution in [0.4, 0.5) is 0 Å². The molecule has 0 unspecified atom stereocenters. The van der Waals surface area contributed by atoms with Crippen molar-refractivity contribution in [2.45, 2.75) is 0 Å². The van der Waals surface area contributed by atoms with E-state index in [0.717, 1.165) is 0 Å². The number of terminal acetylenes is 1. The Hall–Kier alpha value is -0.780. The molecule has 0 aromatic heterocycles. The van der Waals surface area contributed by atoms with E-state index in [1.54, 1.807) is 18.2 Å². The Labute approximate surface area is 83.9 Å². The lowest BCUT2D eigenvalue weighted by molar-refractivity contribution is 0.105. The van der Waals surface area contributed by atoms with Crippen LogP contribution in [0.1, 0.15) is 10.4 Å².